The summed E-state index contributed by atoms with van der Waals surface area (Å²) in [5.74, 6) is 0.778. The summed E-state index contributed by atoms with van der Waals surface area (Å²) in [6.45, 7) is 2.52. The monoisotopic (exact) mass is 270 g/mol. The largest absolute Gasteiger partial charge is 0.316 e. The van der Waals surface area contributed by atoms with Crippen LogP contribution in [0.25, 0.3) is 0 Å². The standard InChI is InChI=1S/C18H26N2/c1-2-4-14(5-3-1)16-12-17(16)20-15-6-8-18(9-7-15)10-11-19-13-18/h1-5,15-17,19-20H,6-13H2. The molecule has 0 radical (unpaired) electrons. The second-order valence-corrected chi connectivity index (χ2v) is 7.23. The molecule has 1 aliphatic heterocycles. The Balaban J connectivity index is 1.28. The van der Waals surface area contributed by atoms with Gasteiger partial charge in [-0.3, -0.25) is 0 Å². The van der Waals surface area contributed by atoms with Gasteiger partial charge in [0.2, 0.25) is 0 Å². The Morgan fingerprint density at radius 1 is 1.05 bits per heavy atom. The molecular formula is C18H26N2. The van der Waals surface area contributed by atoms with Crippen LogP contribution in [0, 0.1) is 5.41 Å². The van der Waals surface area contributed by atoms with Crippen molar-refractivity contribution >= 4 is 0 Å². The summed E-state index contributed by atoms with van der Waals surface area (Å²) in [7, 11) is 0. The SMILES string of the molecule is c1ccc(C2CC2NC2CCC3(CCNC3)CC2)cc1. The second kappa shape index (κ2) is 5.16. The van der Waals surface area contributed by atoms with Crippen molar-refractivity contribution < 1.29 is 0 Å². The zero-order valence-corrected chi connectivity index (χ0v) is 12.3. The third-order valence-corrected chi connectivity index (χ3v) is 5.85. The van der Waals surface area contributed by atoms with Crippen LogP contribution in [-0.4, -0.2) is 25.2 Å². The highest BCUT2D eigenvalue weighted by atomic mass is 15.0. The fourth-order valence-electron chi connectivity index (χ4n) is 4.37. The minimum atomic E-state index is 0.667. The lowest BCUT2D eigenvalue weighted by Crippen LogP contribution is -2.39. The molecule has 0 amide bonds. The van der Waals surface area contributed by atoms with Crippen LogP contribution < -0.4 is 10.6 Å². The first-order valence-electron chi connectivity index (χ1n) is 8.36. The first-order valence-corrected chi connectivity index (χ1v) is 8.36. The van der Waals surface area contributed by atoms with Gasteiger partial charge in [0.15, 0.2) is 0 Å². The molecule has 1 aromatic carbocycles. The van der Waals surface area contributed by atoms with E-state index in [4.69, 9.17) is 0 Å². The Morgan fingerprint density at radius 3 is 2.55 bits per heavy atom. The molecule has 2 atom stereocenters. The zero-order valence-electron chi connectivity index (χ0n) is 12.3. The molecule has 2 unspecified atom stereocenters. The second-order valence-electron chi connectivity index (χ2n) is 7.23. The van der Waals surface area contributed by atoms with Crippen molar-refractivity contribution in [2.45, 2.75) is 56.5 Å². The van der Waals surface area contributed by atoms with Crippen molar-refractivity contribution in [2.24, 2.45) is 5.41 Å². The van der Waals surface area contributed by atoms with Gasteiger partial charge in [-0.1, -0.05) is 30.3 Å². The number of rotatable bonds is 3. The minimum Gasteiger partial charge on any atom is -0.316 e. The van der Waals surface area contributed by atoms with Crippen LogP contribution in [0.3, 0.4) is 0 Å². The summed E-state index contributed by atoms with van der Waals surface area (Å²) in [5, 5.41) is 7.49. The summed E-state index contributed by atoms with van der Waals surface area (Å²) in [4.78, 5) is 0. The van der Waals surface area contributed by atoms with E-state index in [9.17, 15) is 0 Å². The molecule has 2 aliphatic carbocycles. The van der Waals surface area contributed by atoms with Crippen molar-refractivity contribution in [2.75, 3.05) is 13.1 Å². The van der Waals surface area contributed by atoms with Gasteiger partial charge in [-0.25, -0.2) is 0 Å². The van der Waals surface area contributed by atoms with Gasteiger partial charge in [0.1, 0.15) is 0 Å². The van der Waals surface area contributed by atoms with E-state index < -0.39 is 0 Å². The van der Waals surface area contributed by atoms with E-state index in [2.05, 4.69) is 41.0 Å². The average Bonchev–Trinajstić information content (AvgIpc) is 3.12. The molecule has 1 spiro atoms. The molecule has 2 saturated carbocycles. The van der Waals surface area contributed by atoms with Gasteiger partial charge in [-0.2, -0.15) is 0 Å². The van der Waals surface area contributed by atoms with Gasteiger partial charge in [0.05, 0.1) is 0 Å². The Labute approximate surface area is 122 Å². The van der Waals surface area contributed by atoms with E-state index >= 15 is 0 Å². The predicted octanol–water partition coefficient (Wildman–Crippen LogP) is 3.05. The maximum Gasteiger partial charge on any atom is 0.0145 e. The highest BCUT2D eigenvalue weighted by Gasteiger charge is 2.42. The Kier molecular flexibility index (Phi) is 3.31. The first-order chi connectivity index (χ1) is 9.85. The summed E-state index contributed by atoms with van der Waals surface area (Å²) in [6, 6.07) is 12.5. The molecular weight excluding hydrogens is 244 g/mol. The van der Waals surface area contributed by atoms with Crippen molar-refractivity contribution in [3.63, 3.8) is 0 Å². The predicted molar refractivity (Wildman–Crippen MR) is 82.9 cm³/mol. The summed E-state index contributed by atoms with van der Waals surface area (Å²) in [5.41, 5.74) is 2.19. The van der Waals surface area contributed by atoms with Crippen LogP contribution in [0.15, 0.2) is 30.3 Å². The maximum absolute atomic E-state index is 3.93. The van der Waals surface area contributed by atoms with Gasteiger partial charge < -0.3 is 10.6 Å². The molecule has 1 heterocycles. The summed E-state index contributed by atoms with van der Waals surface area (Å²) in [6.07, 6.45) is 8.39. The van der Waals surface area contributed by atoms with Crippen molar-refractivity contribution in [3.05, 3.63) is 35.9 Å². The van der Waals surface area contributed by atoms with Gasteiger partial charge in [0, 0.05) is 24.5 Å². The van der Waals surface area contributed by atoms with Crippen molar-refractivity contribution in [1.29, 1.82) is 0 Å². The minimum absolute atomic E-state index is 0.667. The van der Waals surface area contributed by atoms with E-state index in [0.717, 1.165) is 18.0 Å². The molecule has 0 aromatic heterocycles. The van der Waals surface area contributed by atoms with Crippen LogP contribution in [0.5, 0.6) is 0 Å². The van der Waals surface area contributed by atoms with Crippen molar-refractivity contribution in [3.8, 4) is 0 Å². The van der Waals surface area contributed by atoms with Gasteiger partial charge in [-0.05, 0) is 56.0 Å². The van der Waals surface area contributed by atoms with Gasteiger partial charge in [-0.15, -0.1) is 0 Å². The van der Waals surface area contributed by atoms with Crippen molar-refractivity contribution in [1.82, 2.24) is 10.6 Å². The Hall–Kier alpha value is -0.860. The highest BCUT2D eigenvalue weighted by Crippen LogP contribution is 2.44. The first kappa shape index (κ1) is 12.8. The lowest BCUT2D eigenvalue weighted by molar-refractivity contribution is 0.183. The molecule has 0 bridgehead atoms. The smallest absolute Gasteiger partial charge is 0.0145 e. The fourth-order valence-corrected chi connectivity index (χ4v) is 4.37. The molecule has 108 valence electrons. The number of hydrogen-bond acceptors (Lipinski definition) is 2. The van der Waals surface area contributed by atoms with E-state index in [1.54, 1.807) is 0 Å². The van der Waals surface area contributed by atoms with Crippen LogP contribution in [0.2, 0.25) is 0 Å². The fraction of sp³-hybridized carbons (Fsp3) is 0.667. The molecule has 1 aromatic rings. The van der Waals surface area contributed by atoms with Crippen LogP contribution >= 0.6 is 0 Å². The van der Waals surface area contributed by atoms with Crippen LogP contribution in [0.4, 0.5) is 0 Å². The molecule has 3 aliphatic rings. The lowest BCUT2D eigenvalue weighted by Gasteiger charge is -2.37. The van der Waals surface area contributed by atoms with E-state index in [1.807, 2.05) is 0 Å². The normalized spacial score (nSPS) is 40.1. The summed E-state index contributed by atoms with van der Waals surface area (Å²) >= 11 is 0. The quantitative estimate of drug-likeness (QED) is 0.882. The molecule has 3 fully saturated rings. The van der Waals surface area contributed by atoms with E-state index in [1.165, 1.54) is 57.2 Å². The maximum atomic E-state index is 3.93. The number of nitrogens with one attached hydrogen (secondary N) is 2. The lowest BCUT2D eigenvalue weighted by atomic mass is 9.72. The third-order valence-electron chi connectivity index (χ3n) is 5.85. The Morgan fingerprint density at radius 2 is 1.85 bits per heavy atom. The van der Waals surface area contributed by atoms with E-state index in [0.29, 0.717) is 5.41 Å². The molecule has 20 heavy (non-hydrogen) atoms. The summed E-state index contributed by atoms with van der Waals surface area (Å²) < 4.78 is 0. The molecule has 2 heteroatoms. The van der Waals surface area contributed by atoms with Gasteiger partial charge in [0.25, 0.3) is 0 Å². The number of hydrogen-bond donors (Lipinski definition) is 2. The van der Waals surface area contributed by atoms with Gasteiger partial charge >= 0.3 is 0 Å². The highest BCUT2D eigenvalue weighted by molar-refractivity contribution is 5.27. The average molecular weight is 270 g/mol. The number of benzene rings is 1. The van der Waals surface area contributed by atoms with E-state index in [-0.39, 0.29) is 0 Å². The van der Waals surface area contributed by atoms with Crippen LogP contribution in [0.1, 0.15) is 50.0 Å². The third kappa shape index (κ3) is 2.51. The molecule has 4 rings (SSSR count). The molecule has 1 saturated heterocycles. The zero-order chi connectivity index (χ0) is 13.4. The Bertz CT molecular complexity index is 440. The molecule has 2 nitrogen and oxygen atoms in total. The van der Waals surface area contributed by atoms with Crippen LogP contribution in [-0.2, 0) is 0 Å². The molecule has 2 N–H and O–H groups in total. The topological polar surface area (TPSA) is 24.1 Å².